The fraction of sp³-hybridized carbons (Fsp3) is 0.176. The van der Waals surface area contributed by atoms with E-state index in [-0.39, 0.29) is 18.1 Å². The average molecular weight is 395 g/mol. The number of rotatable bonds is 5. The molecule has 5 nitrogen and oxygen atoms in total. The molecule has 0 aliphatic heterocycles. The largest absolute Gasteiger partial charge is 0.478 e. The van der Waals surface area contributed by atoms with Crippen molar-refractivity contribution in [2.24, 2.45) is 0 Å². The van der Waals surface area contributed by atoms with Gasteiger partial charge in [-0.15, -0.1) is 0 Å². The molecule has 0 saturated carbocycles. The molecule has 2 rings (SSSR count). The van der Waals surface area contributed by atoms with Gasteiger partial charge in [-0.3, -0.25) is 20.4 Å². The summed E-state index contributed by atoms with van der Waals surface area (Å²) in [5, 5.41) is 0. The minimum Gasteiger partial charge on any atom is -0.478 e. The second-order valence-electron chi connectivity index (χ2n) is 5.03. The van der Waals surface area contributed by atoms with Crippen LogP contribution in [0.4, 0.5) is 4.39 Å². The van der Waals surface area contributed by atoms with E-state index in [2.05, 4.69) is 26.8 Å². The normalized spacial score (nSPS) is 11.5. The predicted octanol–water partition coefficient (Wildman–Crippen LogP) is 2.75. The first-order valence-electron chi connectivity index (χ1n) is 7.20. The lowest BCUT2D eigenvalue weighted by molar-refractivity contribution is -0.132. The Kier molecular flexibility index (Phi) is 6.31. The van der Waals surface area contributed by atoms with Crippen LogP contribution < -0.4 is 15.6 Å². The van der Waals surface area contributed by atoms with Crippen LogP contribution in [0.2, 0.25) is 0 Å². The third-order valence-electron chi connectivity index (χ3n) is 3.11. The number of carbonyl (C=O) groups is 2. The molecule has 0 aromatic heterocycles. The van der Waals surface area contributed by atoms with Crippen molar-refractivity contribution in [3.63, 3.8) is 0 Å². The molecule has 0 unspecified atom stereocenters. The molecule has 7 heteroatoms. The first-order valence-corrected chi connectivity index (χ1v) is 7.99. The van der Waals surface area contributed by atoms with Crippen LogP contribution in [0.15, 0.2) is 53.0 Å². The molecule has 0 radical (unpaired) electrons. The number of ether oxygens (including phenoxy) is 1. The molecule has 0 heterocycles. The Hall–Kier alpha value is -2.41. The molecule has 0 aliphatic rings. The average Bonchev–Trinajstić information content (AvgIpc) is 2.56. The third kappa shape index (κ3) is 5.34. The number of nitrogens with one attached hydrogen (secondary N) is 2. The summed E-state index contributed by atoms with van der Waals surface area (Å²) in [4.78, 5) is 23.7. The Bertz CT molecular complexity index is 722. The Morgan fingerprint density at radius 2 is 1.79 bits per heavy atom. The van der Waals surface area contributed by atoms with Crippen LogP contribution >= 0.6 is 15.9 Å². The minimum absolute atomic E-state index is 0.0265. The molecular weight excluding hydrogens is 379 g/mol. The molecule has 2 aromatic rings. The molecule has 0 aliphatic carbocycles. The summed E-state index contributed by atoms with van der Waals surface area (Å²) in [5.41, 5.74) is 5.37. The van der Waals surface area contributed by atoms with Gasteiger partial charge in [0.2, 0.25) is 5.91 Å². The van der Waals surface area contributed by atoms with E-state index in [0.29, 0.717) is 0 Å². The Labute approximate surface area is 147 Å². The molecule has 0 fully saturated rings. The molecule has 126 valence electrons. The van der Waals surface area contributed by atoms with Gasteiger partial charge in [0.15, 0.2) is 17.7 Å². The van der Waals surface area contributed by atoms with Gasteiger partial charge in [-0.1, -0.05) is 40.2 Å². The number of hydrazine groups is 1. The van der Waals surface area contributed by atoms with Crippen LogP contribution in [-0.4, -0.2) is 17.9 Å². The molecule has 2 N–H and O–H groups in total. The van der Waals surface area contributed by atoms with Gasteiger partial charge in [-0.05, 0) is 36.8 Å². The highest BCUT2D eigenvalue weighted by Gasteiger charge is 2.17. The van der Waals surface area contributed by atoms with E-state index in [4.69, 9.17) is 4.74 Å². The quantitative estimate of drug-likeness (QED) is 0.766. The fourth-order valence-electron chi connectivity index (χ4n) is 1.85. The smallest absolute Gasteiger partial charge is 0.279 e. The topological polar surface area (TPSA) is 67.4 Å². The Morgan fingerprint density at radius 3 is 2.46 bits per heavy atom. The lowest BCUT2D eigenvalue weighted by Crippen LogP contribution is -2.47. The van der Waals surface area contributed by atoms with Gasteiger partial charge >= 0.3 is 0 Å². The van der Waals surface area contributed by atoms with E-state index in [1.165, 1.54) is 25.1 Å². The van der Waals surface area contributed by atoms with Crippen molar-refractivity contribution in [2.45, 2.75) is 19.4 Å². The maximum Gasteiger partial charge on any atom is 0.279 e. The lowest BCUT2D eigenvalue weighted by atomic mass is 10.1. The summed E-state index contributed by atoms with van der Waals surface area (Å²) in [6.07, 6.45) is -0.842. The SMILES string of the molecule is C[C@H](Oc1ccccc1F)C(=O)NNC(=O)Cc1ccc(Br)cc1. The monoisotopic (exact) mass is 394 g/mol. The number of halogens is 2. The minimum atomic E-state index is -0.963. The van der Waals surface area contributed by atoms with E-state index >= 15 is 0 Å². The summed E-state index contributed by atoms with van der Waals surface area (Å²) < 4.78 is 19.6. The summed E-state index contributed by atoms with van der Waals surface area (Å²) in [5.74, 6) is -1.54. The molecule has 2 aromatic carbocycles. The van der Waals surface area contributed by atoms with Crippen molar-refractivity contribution in [2.75, 3.05) is 0 Å². The summed E-state index contributed by atoms with van der Waals surface area (Å²) in [6, 6.07) is 13.0. The molecule has 0 bridgehead atoms. The highest BCUT2D eigenvalue weighted by atomic mass is 79.9. The van der Waals surface area contributed by atoms with E-state index in [1.54, 1.807) is 18.2 Å². The maximum atomic E-state index is 13.5. The van der Waals surface area contributed by atoms with E-state index < -0.39 is 17.8 Å². The van der Waals surface area contributed by atoms with E-state index in [0.717, 1.165) is 10.0 Å². The Morgan fingerprint density at radius 1 is 1.12 bits per heavy atom. The number of hydrogen-bond donors (Lipinski definition) is 2. The number of hydrogen-bond acceptors (Lipinski definition) is 3. The zero-order valence-corrected chi connectivity index (χ0v) is 14.5. The summed E-state index contributed by atoms with van der Waals surface area (Å²) in [7, 11) is 0. The molecule has 2 amide bonds. The summed E-state index contributed by atoms with van der Waals surface area (Å²) in [6.45, 7) is 1.46. The van der Waals surface area contributed by atoms with Crippen LogP contribution in [0.25, 0.3) is 0 Å². The second-order valence-corrected chi connectivity index (χ2v) is 5.95. The molecule has 0 saturated heterocycles. The number of amides is 2. The summed E-state index contributed by atoms with van der Waals surface area (Å²) >= 11 is 3.31. The van der Waals surface area contributed by atoms with Crippen molar-refractivity contribution in [1.82, 2.24) is 10.9 Å². The first-order chi connectivity index (χ1) is 11.5. The lowest BCUT2D eigenvalue weighted by Gasteiger charge is -2.15. The van der Waals surface area contributed by atoms with Crippen molar-refractivity contribution in [3.8, 4) is 5.75 Å². The van der Waals surface area contributed by atoms with Gasteiger partial charge in [0, 0.05) is 4.47 Å². The highest BCUT2D eigenvalue weighted by molar-refractivity contribution is 9.10. The van der Waals surface area contributed by atoms with Gasteiger partial charge in [0.1, 0.15) is 0 Å². The van der Waals surface area contributed by atoms with E-state index in [9.17, 15) is 14.0 Å². The third-order valence-corrected chi connectivity index (χ3v) is 3.64. The maximum absolute atomic E-state index is 13.5. The van der Waals surface area contributed by atoms with Crippen LogP contribution in [0, 0.1) is 5.82 Å². The van der Waals surface area contributed by atoms with Gasteiger partial charge in [0.25, 0.3) is 5.91 Å². The molecule has 0 spiro atoms. The zero-order chi connectivity index (χ0) is 17.5. The van der Waals surface area contributed by atoms with Gasteiger partial charge in [-0.25, -0.2) is 4.39 Å². The predicted molar refractivity (Wildman–Crippen MR) is 90.6 cm³/mol. The highest BCUT2D eigenvalue weighted by Crippen LogP contribution is 2.16. The van der Waals surface area contributed by atoms with Crippen molar-refractivity contribution >= 4 is 27.7 Å². The standard InChI is InChI=1S/C17H16BrFN2O3/c1-11(24-15-5-3-2-4-14(15)19)17(23)21-20-16(22)10-12-6-8-13(18)9-7-12/h2-9,11H,10H2,1H3,(H,20,22)(H,21,23)/t11-/m0/s1. The van der Waals surface area contributed by atoms with Crippen LogP contribution in [-0.2, 0) is 16.0 Å². The molecule has 1 atom stereocenters. The van der Waals surface area contributed by atoms with Crippen LogP contribution in [0.5, 0.6) is 5.75 Å². The number of benzene rings is 2. The van der Waals surface area contributed by atoms with Gasteiger partial charge < -0.3 is 4.74 Å². The zero-order valence-electron chi connectivity index (χ0n) is 12.9. The molecule has 24 heavy (non-hydrogen) atoms. The number of carbonyl (C=O) groups excluding carboxylic acids is 2. The second kappa shape index (κ2) is 8.44. The fourth-order valence-corrected chi connectivity index (χ4v) is 2.11. The van der Waals surface area contributed by atoms with Crippen LogP contribution in [0.1, 0.15) is 12.5 Å². The van der Waals surface area contributed by atoms with Crippen molar-refractivity contribution in [1.29, 1.82) is 0 Å². The number of para-hydroxylation sites is 1. The molecular formula is C17H16BrFN2O3. The van der Waals surface area contributed by atoms with Gasteiger partial charge in [-0.2, -0.15) is 0 Å². The van der Waals surface area contributed by atoms with Crippen molar-refractivity contribution < 1.29 is 18.7 Å². The van der Waals surface area contributed by atoms with Crippen LogP contribution in [0.3, 0.4) is 0 Å². The van der Waals surface area contributed by atoms with Gasteiger partial charge in [0.05, 0.1) is 6.42 Å². The Balaban J connectivity index is 1.80. The van der Waals surface area contributed by atoms with E-state index in [1.807, 2.05) is 12.1 Å². The van der Waals surface area contributed by atoms with Crippen molar-refractivity contribution in [3.05, 3.63) is 64.4 Å². The first kappa shape index (κ1) is 17.9.